The van der Waals surface area contributed by atoms with E-state index in [9.17, 15) is 0 Å². The van der Waals surface area contributed by atoms with E-state index in [1.807, 2.05) is 12.4 Å². The zero-order chi connectivity index (χ0) is 49.5. The van der Waals surface area contributed by atoms with E-state index < -0.39 is 16.1 Å². The molecule has 0 saturated carbocycles. The zero-order valence-corrected chi connectivity index (χ0v) is 44.6. The van der Waals surface area contributed by atoms with Gasteiger partial charge in [0.1, 0.15) is 13.7 Å². The summed E-state index contributed by atoms with van der Waals surface area (Å²) in [7, 11) is -6.29. The van der Waals surface area contributed by atoms with Crippen LogP contribution in [0, 0.1) is 12.1 Å². The molecule has 0 spiro atoms. The van der Waals surface area contributed by atoms with Crippen LogP contribution in [0.5, 0.6) is 0 Å². The maximum atomic E-state index is 5.28. The predicted molar refractivity (Wildman–Crippen MR) is 315 cm³/mol. The fourth-order valence-corrected chi connectivity index (χ4v) is 22.4. The van der Waals surface area contributed by atoms with E-state index in [0.29, 0.717) is 0 Å². The minimum absolute atomic E-state index is 0. The number of imidazole rings is 1. The molecular weight excluding hydrogens is 1050 g/mol. The van der Waals surface area contributed by atoms with Crippen molar-refractivity contribution < 1.29 is 20.4 Å². The molecule has 0 amide bonds. The molecule has 14 aromatic rings. The molecule has 15 rings (SSSR count). The Bertz CT molecular complexity index is 4410. The first-order chi connectivity index (χ1) is 37.2. The molecule has 0 aliphatic carbocycles. The molecular formula is C68H45N5PdSi2. The van der Waals surface area contributed by atoms with E-state index in [-0.39, 0.29) is 20.4 Å². The summed E-state index contributed by atoms with van der Waals surface area (Å²) in [5, 5.41) is 15.6. The number of nitrogens with zero attached hydrogens (tertiary/aromatic N) is 5. The smallest absolute Gasteiger partial charge is 0.340 e. The van der Waals surface area contributed by atoms with Crippen LogP contribution in [0.2, 0.25) is 0 Å². The van der Waals surface area contributed by atoms with E-state index in [4.69, 9.17) is 9.97 Å². The fourth-order valence-electron chi connectivity index (χ4n) is 12.7. The Labute approximate surface area is 456 Å². The second-order valence-electron chi connectivity index (χ2n) is 19.5. The van der Waals surface area contributed by atoms with E-state index in [2.05, 4.69) is 287 Å². The minimum Gasteiger partial charge on any atom is -0.340 e. The normalized spacial score (nSPS) is 13.0. The van der Waals surface area contributed by atoms with Crippen molar-refractivity contribution in [3.8, 4) is 5.69 Å². The molecule has 1 aliphatic rings. The van der Waals surface area contributed by atoms with Crippen LogP contribution in [0.1, 0.15) is 0 Å². The summed E-state index contributed by atoms with van der Waals surface area (Å²) in [6.07, 6.45) is 5.89. The molecule has 360 valence electrons. The van der Waals surface area contributed by atoms with Crippen LogP contribution >= 0.6 is 0 Å². The van der Waals surface area contributed by atoms with Gasteiger partial charge in [0.15, 0.2) is 8.07 Å². The zero-order valence-electron chi connectivity index (χ0n) is 41.0. The number of hydrogen-bond acceptors (Lipinski definition) is 3. The summed E-state index contributed by atoms with van der Waals surface area (Å²) in [5.41, 5.74) is 8.42. The Kier molecular flexibility index (Phi) is 11.0. The van der Waals surface area contributed by atoms with Gasteiger partial charge < -0.3 is 13.9 Å². The number of para-hydroxylation sites is 3. The van der Waals surface area contributed by atoms with Crippen molar-refractivity contribution in [3.05, 3.63) is 286 Å². The van der Waals surface area contributed by atoms with Gasteiger partial charge in [-0.2, -0.15) is 23.4 Å². The SMILES string of the molecule is [Pd+2].[c-]1c(-n2c3cc4c(cc3c3cccnc32)N(c2ccccc2)c2ccccc2[Si]4(c2ccccc2)c2ccccc2)cccc1[Si](c1[c-]c2c(cc1)c1ccccc1n1ccnc21)(c1ccccc1)c1ccccc1. The number of aromatic nitrogens is 4. The van der Waals surface area contributed by atoms with Crippen LogP contribution < -0.4 is 46.4 Å². The van der Waals surface area contributed by atoms with Crippen molar-refractivity contribution in [1.82, 2.24) is 18.9 Å². The van der Waals surface area contributed by atoms with Gasteiger partial charge in [-0.25, -0.2) is 4.98 Å². The standard InChI is InChI=1S/C68H45N5Si2.Pd/c1-6-22-48(23-7-1)72-62-37-18-19-38-65(62)75(52-29-12-4-13-30-52,53-31-14-5-15-32-53)66-47-63-59(46-64(66)72)58-35-21-41-69-68(58)73(63)49-24-20-33-54(44-49)74(50-25-8-2-9-26-50,51-27-10-3-11-28-51)55-39-40-56-57-34-16-17-36-61(57)71-43-42-70-67(71)60(56)45-55;/h1-43,46-47H;/q-2;+2. The van der Waals surface area contributed by atoms with Gasteiger partial charge in [0.05, 0.1) is 11.2 Å². The van der Waals surface area contributed by atoms with E-state index in [0.717, 1.165) is 65.6 Å². The Hall–Kier alpha value is -8.74. The molecule has 0 fully saturated rings. The van der Waals surface area contributed by atoms with Crippen molar-refractivity contribution in [1.29, 1.82) is 0 Å². The summed E-state index contributed by atoms with van der Waals surface area (Å²) >= 11 is 0. The molecule has 0 atom stereocenters. The number of rotatable bonds is 8. The molecule has 0 N–H and O–H groups in total. The van der Waals surface area contributed by atoms with Crippen molar-refractivity contribution >= 4 is 124 Å². The Morgan fingerprint density at radius 3 is 1.74 bits per heavy atom. The number of hydrogen-bond donors (Lipinski definition) is 0. The summed E-state index contributed by atoms with van der Waals surface area (Å²) in [6, 6.07) is 102. The molecule has 76 heavy (non-hydrogen) atoms. The van der Waals surface area contributed by atoms with Crippen molar-refractivity contribution in [3.63, 3.8) is 0 Å². The maximum absolute atomic E-state index is 5.28. The molecule has 5 heterocycles. The third kappa shape index (κ3) is 6.65. The van der Waals surface area contributed by atoms with Gasteiger partial charge >= 0.3 is 20.4 Å². The first kappa shape index (κ1) is 45.8. The molecule has 5 nitrogen and oxygen atoms in total. The fraction of sp³-hybridized carbons (Fsp3) is 0. The maximum Gasteiger partial charge on any atom is 2.00 e. The van der Waals surface area contributed by atoms with Crippen LogP contribution in [0.15, 0.2) is 273 Å². The number of anilines is 3. The quantitative estimate of drug-likeness (QED) is 0.0659. The van der Waals surface area contributed by atoms with Crippen LogP contribution in [0.25, 0.3) is 54.9 Å². The summed E-state index contributed by atoms with van der Waals surface area (Å²) in [6.45, 7) is 0. The van der Waals surface area contributed by atoms with Crippen molar-refractivity contribution in [2.24, 2.45) is 0 Å². The number of fused-ring (bicyclic) bond motifs is 11. The first-order valence-corrected chi connectivity index (χ1v) is 29.6. The molecule has 0 saturated heterocycles. The molecule has 0 radical (unpaired) electrons. The van der Waals surface area contributed by atoms with Crippen LogP contribution in [0.3, 0.4) is 0 Å². The van der Waals surface area contributed by atoms with Gasteiger partial charge in [-0.15, -0.1) is 34.8 Å². The van der Waals surface area contributed by atoms with Gasteiger partial charge in [-0.3, -0.25) is 4.98 Å². The average molecular weight is 1090 g/mol. The monoisotopic (exact) mass is 1090 g/mol. The van der Waals surface area contributed by atoms with Gasteiger partial charge in [-0.05, 0) is 85.0 Å². The van der Waals surface area contributed by atoms with Crippen molar-refractivity contribution in [2.45, 2.75) is 0 Å². The van der Waals surface area contributed by atoms with Gasteiger partial charge in [0.2, 0.25) is 0 Å². The van der Waals surface area contributed by atoms with E-state index in [1.54, 1.807) is 0 Å². The third-order valence-corrected chi connectivity index (χ3v) is 25.2. The number of benzene rings is 10. The summed E-state index contributed by atoms with van der Waals surface area (Å²) in [4.78, 5) is 12.8. The number of pyridine rings is 2. The second-order valence-corrected chi connectivity index (χ2v) is 27.0. The van der Waals surface area contributed by atoms with Gasteiger partial charge in [-0.1, -0.05) is 187 Å². The molecule has 4 aromatic heterocycles. The van der Waals surface area contributed by atoms with E-state index in [1.165, 1.54) is 47.9 Å². The second kappa shape index (κ2) is 18.3. The summed E-state index contributed by atoms with van der Waals surface area (Å²) in [5.74, 6) is 0. The topological polar surface area (TPSA) is 38.4 Å². The van der Waals surface area contributed by atoms with Crippen LogP contribution in [-0.2, 0) is 20.4 Å². The van der Waals surface area contributed by atoms with E-state index >= 15 is 0 Å². The molecule has 0 bridgehead atoms. The molecule has 0 unspecified atom stereocenters. The summed E-state index contributed by atoms with van der Waals surface area (Å²) < 4.78 is 4.59. The largest absolute Gasteiger partial charge is 2.00 e. The predicted octanol–water partition coefficient (Wildman–Crippen LogP) is 10.3. The van der Waals surface area contributed by atoms with Crippen LogP contribution in [-0.4, -0.2) is 35.1 Å². The first-order valence-electron chi connectivity index (χ1n) is 25.6. The van der Waals surface area contributed by atoms with Gasteiger partial charge in [0, 0.05) is 51.9 Å². The average Bonchev–Trinajstić information content (AvgIpc) is 4.18. The molecule has 8 heteroatoms. The Morgan fingerprint density at radius 1 is 0.408 bits per heavy atom. The third-order valence-electron chi connectivity index (χ3n) is 15.8. The molecule has 10 aromatic carbocycles. The Morgan fingerprint density at radius 2 is 1.01 bits per heavy atom. The van der Waals surface area contributed by atoms with Crippen LogP contribution in [0.4, 0.5) is 17.1 Å². The minimum atomic E-state index is -3.23. The van der Waals surface area contributed by atoms with Gasteiger partial charge in [0.25, 0.3) is 0 Å². The van der Waals surface area contributed by atoms with Crippen molar-refractivity contribution in [2.75, 3.05) is 4.90 Å². The molecule has 1 aliphatic heterocycles. The Balaban J connectivity index is 0.00000528.